The van der Waals surface area contributed by atoms with Crippen LogP contribution in [0.4, 0.5) is 0 Å². The van der Waals surface area contributed by atoms with Gasteiger partial charge in [-0.15, -0.1) is 0 Å². The van der Waals surface area contributed by atoms with Crippen LogP contribution in [0.15, 0.2) is 120 Å². The van der Waals surface area contributed by atoms with Crippen molar-refractivity contribution in [2.45, 2.75) is 38.5 Å². The van der Waals surface area contributed by atoms with Crippen molar-refractivity contribution in [1.82, 2.24) is 15.0 Å². The molecule has 5 aromatic carbocycles. The summed E-state index contributed by atoms with van der Waals surface area (Å²) in [6, 6.07) is 39.9. The number of fused-ring (bicyclic) bond motifs is 6. The van der Waals surface area contributed by atoms with Crippen molar-refractivity contribution < 1.29 is 4.42 Å². The van der Waals surface area contributed by atoms with Crippen molar-refractivity contribution in [3.63, 3.8) is 0 Å². The summed E-state index contributed by atoms with van der Waals surface area (Å²) in [6.07, 6.45) is 0. The minimum atomic E-state index is -0.114. The molecule has 0 unspecified atom stereocenters. The molecular formula is C39H31N3O. The highest BCUT2D eigenvalue weighted by molar-refractivity contribution is 6.05. The summed E-state index contributed by atoms with van der Waals surface area (Å²) in [5, 5.41) is 2.18. The molecule has 4 nitrogen and oxygen atoms in total. The van der Waals surface area contributed by atoms with Gasteiger partial charge in [-0.1, -0.05) is 125 Å². The van der Waals surface area contributed by atoms with Gasteiger partial charge in [0.1, 0.15) is 11.2 Å². The molecule has 0 fully saturated rings. The highest BCUT2D eigenvalue weighted by atomic mass is 16.3. The van der Waals surface area contributed by atoms with Crippen molar-refractivity contribution in [3.8, 4) is 45.3 Å². The molecule has 1 aliphatic carbocycles. The molecule has 1 aliphatic rings. The van der Waals surface area contributed by atoms with Crippen LogP contribution in [-0.4, -0.2) is 15.0 Å². The largest absolute Gasteiger partial charge is 0.456 e. The van der Waals surface area contributed by atoms with E-state index in [0.717, 1.165) is 38.6 Å². The third-order valence-electron chi connectivity index (χ3n) is 9.72. The molecule has 0 saturated carbocycles. The summed E-state index contributed by atoms with van der Waals surface area (Å²) in [5.41, 5.74) is 9.45. The summed E-state index contributed by atoms with van der Waals surface area (Å²) in [4.78, 5) is 15.3. The van der Waals surface area contributed by atoms with E-state index < -0.39 is 0 Å². The van der Waals surface area contributed by atoms with Gasteiger partial charge in [0.2, 0.25) is 0 Å². The first kappa shape index (κ1) is 25.6. The third-order valence-corrected chi connectivity index (χ3v) is 9.72. The number of rotatable bonds is 3. The number of hydrogen-bond donors (Lipinski definition) is 0. The summed E-state index contributed by atoms with van der Waals surface area (Å²) < 4.78 is 6.23. The maximum atomic E-state index is 6.23. The topological polar surface area (TPSA) is 51.8 Å². The number of para-hydroxylation sites is 1. The van der Waals surface area contributed by atoms with Crippen molar-refractivity contribution in [2.24, 2.45) is 0 Å². The van der Waals surface area contributed by atoms with Gasteiger partial charge in [-0.2, -0.15) is 0 Å². The number of furan rings is 1. The Bertz CT molecular complexity index is 2190. The van der Waals surface area contributed by atoms with Crippen molar-refractivity contribution >= 4 is 21.9 Å². The zero-order valence-corrected chi connectivity index (χ0v) is 24.7. The first-order chi connectivity index (χ1) is 20.8. The van der Waals surface area contributed by atoms with Gasteiger partial charge in [0.15, 0.2) is 17.5 Å². The second kappa shape index (κ2) is 9.20. The lowest BCUT2D eigenvalue weighted by Gasteiger charge is -2.48. The molecule has 43 heavy (non-hydrogen) atoms. The lowest BCUT2D eigenvalue weighted by Crippen LogP contribution is -2.43. The summed E-state index contributed by atoms with van der Waals surface area (Å²) in [6.45, 7) is 9.40. The lowest BCUT2D eigenvalue weighted by molar-refractivity contribution is 0.299. The molecule has 8 rings (SSSR count). The monoisotopic (exact) mass is 557 g/mol. The number of aromatic nitrogens is 3. The molecule has 4 heteroatoms. The minimum absolute atomic E-state index is 0.0589. The van der Waals surface area contributed by atoms with Gasteiger partial charge in [0.05, 0.1) is 0 Å². The lowest BCUT2D eigenvalue weighted by atomic mass is 9.55. The van der Waals surface area contributed by atoms with E-state index in [4.69, 9.17) is 19.4 Å². The van der Waals surface area contributed by atoms with Gasteiger partial charge in [-0.3, -0.25) is 0 Å². The third kappa shape index (κ3) is 3.79. The van der Waals surface area contributed by atoms with Gasteiger partial charge in [0.25, 0.3) is 0 Å². The Labute approximate surface area is 251 Å². The highest BCUT2D eigenvalue weighted by Crippen LogP contribution is 2.55. The van der Waals surface area contributed by atoms with E-state index in [9.17, 15) is 0 Å². The van der Waals surface area contributed by atoms with Gasteiger partial charge in [0, 0.05) is 27.5 Å². The maximum absolute atomic E-state index is 6.23. The molecule has 0 radical (unpaired) electrons. The maximum Gasteiger partial charge on any atom is 0.164 e. The summed E-state index contributed by atoms with van der Waals surface area (Å²) >= 11 is 0. The quantitative estimate of drug-likeness (QED) is 0.217. The molecule has 0 N–H and O–H groups in total. The predicted molar refractivity (Wildman–Crippen MR) is 175 cm³/mol. The summed E-state index contributed by atoms with van der Waals surface area (Å²) in [7, 11) is 0. The van der Waals surface area contributed by atoms with E-state index in [1.54, 1.807) is 0 Å². The van der Waals surface area contributed by atoms with Crippen LogP contribution in [0.5, 0.6) is 0 Å². The molecule has 0 aliphatic heterocycles. The number of benzene rings is 5. The van der Waals surface area contributed by atoms with Crippen LogP contribution in [0.1, 0.15) is 38.8 Å². The van der Waals surface area contributed by atoms with Crippen LogP contribution >= 0.6 is 0 Å². The van der Waals surface area contributed by atoms with E-state index in [1.165, 1.54) is 22.3 Å². The summed E-state index contributed by atoms with van der Waals surface area (Å²) in [5.74, 6) is 1.93. The zero-order chi connectivity index (χ0) is 29.3. The fraction of sp³-hybridized carbons (Fsp3) is 0.154. The van der Waals surface area contributed by atoms with Crippen LogP contribution < -0.4 is 0 Å². The smallest absolute Gasteiger partial charge is 0.164 e. The second-order valence-corrected chi connectivity index (χ2v) is 12.5. The van der Waals surface area contributed by atoms with E-state index in [0.29, 0.717) is 17.5 Å². The molecule has 208 valence electrons. The fourth-order valence-electron chi connectivity index (χ4n) is 6.68. The van der Waals surface area contributed by atoms with Crippen molar-refractivity contribution in [3.05, 3.63) is 126 Å². The standard InChI is InChI=1S/C39H31N3O/c1-38(2)30-18-10-8-16-28(30)34-29(17-12-19-31(34)39(38,3)4)37-41-35(24-13-6-5-7-14-24)40-36(42-37)25-21-22-27-26-15-9-11-20-32(26)43-33(27)23-25/h5-23H,1-4H3. The first-order valence-corrected chi connectivity index (χ1v) is 14.8. The van der Waals surface area contributed by atoms with Crippen LogP contribution in [0.3, 0.4) is 0 Å². The van der Waals surface area contributed by atoms with Gasteiger partial charge >= 0.3 is 0 Å². The average molecular weight is 558 g/mol. The molecule has 0 bridgehead atoms. The van der Waals surface area contributed by atoms with Crippen LogP contribution in [0.2, 0.25) is 0 Å². The Morgan fingerprint density at radius 1 is 0.465 bits per heavy atom. The number of hydrogen-bond acceptors (Lipinski definition) is 4. The molecule has 0 atom stereocenters. The Morgan fingerprint density at radius 3 is 1.91 bits per heavy atom. The Morgan fingerprint density at radius 2 is 1.07 bits per heavy atom. The van der Waals surface area contributed by atoms with Crippen LogP contribution in [0, 0.1) is 0 Å². The molecule has 2 aromatic heterocycles. The van der Waals surface area contributed by atoms with Crippen LogP contribution in [-0.2, 0) is 10.8 Å². The predicted octanol–water partition coefficient (Wildman–Crippen LogP) is 10.0. The van der Waals surface area contributed by atoms with E-state index in [2.05, 4.69) is 88.4 Å². The molecule has 0 amide bonds. The second-order valence-electron chi connectivity index (χ2n) is 12.5. The van der Waals surface area contributed by atoms with Crippen molar-refractivity contribution in [1.29, 1.82) is 0 Å². The van der Waals surface area contributed by atoms with Crippen LogP contribution in [0.25, 0.3) is 67.2 Å². The minimum Gasteiger partial charge on any atom is -0.456 e. The highest BCUT2D eigenvalue weighted by Gasteiger charge is 2.46. The van der Waals surface area contributed by atoms with Gasteiger partial charge in [-0.05, 0) is 51.3 Å². The molecule has 0 saturated heterocycles. The fourth-order valence-corrected chi connectivity index (χ4v) is 6.68. The Balaban J connectivity index is 1.39. The first-order valence-electron chi connectivity index (χ1n) is 14.8. The molecule has 7 aromatic rings. The SMILES string of the molecule is CC1(C)c2ccccc2-c2c(-c3nc(-c4ccccc4)nc(-c4ccc5c(c4)oc4ccccc45)n3)cccc2C1(C)C. The van der Waals surface area contributed by atoms with E-state index in [1.807, 2.05) is 54.6 Å². The Hall–Kier alpha value is -5.09. The van der Waals surface area contributed by atoms with Gasteiger partial charge < -0.3 is 4.42 Å². The van der Waals surface area contributed by atoms with Gasteiger partial charge in [-0.25, -0.2) is 15.0 Å². The average Bonchev–Trinajstić information content (AvgIpc) is 3.42. The zero-order valence-electron chi connectivity index (χ0n) is 24.7. The number of nitrogens with zero attached hydrogens (tertiary/aromatic N) is 3. The normalized spacial score (nSPS) is 14.9. The van der Waals surface area contributed by atoms with E-state index in [-0.39, 0.29) is 10.8 Å². The molecule has 2 heterocycles. The van der Waals surface area contributed by atoms with Crippen molar-refractivity contribution in [2.75, 3.05) is 0 Å². The molecule has 0 spiro atoms. The van der Waals surface area contributed by atoms with E-state index >= 15 is 0 Å². The Kier molecular flexibility index (Phi) is 5.48. The molecular weight excluding hydrogens is 526 g/mol.